The molecule has 160 valence electrons. The molecule has 0 radical (unpaired) electrons. The number of fused-ring (bicyclic) bond motifs is 4. The van der Waals surface area contributed by atoms with Gasteiger partial charge in [-0.2, -0.15) is 15.8 Å². The summed E-state index contributed by atoms with van der Waals surface area (Å²) in [6.07, 6.45) is 2.47. The lowest BCUT2D eigenvalue weighted by Crippen LogP contribution is -1.97. The highest BCUT2D eigenvalue weighted by atomic mass is 19.2. The fraction of sp³-hybridized carbons (Fsp3) is 0. The molecule has 0 saturated carbocycles. The number of phenols is 1. The molecule has 0 bridgehead atoms. The minimum absolute atomic E-state index is 0.0668. The van der Waals surface area contributed by atoms with Crippen LogP contribution in [-0.2, 0) is 0 Å². The Labute approximate surface area is 190 Å². The summed E-state index contributed by atoms with van der Waals surface area (Å²) in [4.78, 5) is 4.34. The Morgan fingerprint density at radius 1 is 0.882 bits per heavy atom. The van der Waals surface area contributed by atoms with E-state index in [2.05, 4.69) is 4.98 Å². The van der Waals surface area contributed by atoms with E-state index >= 15 is 4.39 Å². The molecule has 5 rings (SSSR count). The molecule has 0 unspecified atom stereocenters. The van der Waals surface area contributed by atoms with E-state index in [0.717, 1.165) is 6.08 Å². The summed E-state index contributed by atoms with van der Waals surface area (Å²) < 4.78 is 43.6. The molecule has 0 aliphatic heterocycles. The summed E-state index contributed by atoms with van der Waals surface area (Å²) in [6, 6.07) is 13.9. The first-order valence-corrected chi connectivity index (χ1v) is 9.80. The predicted octanol–water partition coefficient (Wildman–Crippen LogP) is 5.41. The van der Waals surface area contributed by atoms with Crippen LogP contribution in [0.5, 0.6) is 5.75 Å². The van der Waals surface area contributed by atoms with E-state index in [1.165, 1.54) is 12.3 Å². The van der Waals surface area contributed by atoms with Gasteiger partial charge in [0.15, 0.2) is 17.5 Å². The van der Waals surface area contributed by atoms with Gasteiger partial charge in [0.25, 0.3) is 0 Å². The fourth-order valence-corrected chi connectivity index (χ4v) is 4.53. The molecule has 0 spiro atoms. The third kappa shape index (κ3) is 2.62. The number of rotatable bonds is 0. The van der Waals surface area contributed by atoms with Crippen LogP contribution in [0.2, 0.25) is 0 Å². The van der Waals surface area contributed by atoms with Crippen LogP contribution in [0.1, 0.15) is 22.3 Å². The predicted molar refractivity (Wildman–Crippen MR) is 115 cm³/mol. The zero-order chi connectivity index (χ0) is 24.1. The fourth-order valence-electron chi connectivity index (χ4n) is 4.53. The van der Waals surface area contributed by atoms with Gasteiger partial charge in [0.1, 0.15) is 23.5 Å². The van der Waals surface area contributed by atoms with Crippen LogP contribution in [0.3, 0.4) is 0 Å². The molecule has 2 aromatic carbocycles. The first kappa shape index (κ1) is 20.8. The zero-order valence-electron chi connectivity index (χ0n) is 17.0. The molecule has 2 aliphatic rings. The Bertz CT molecular complexity index is 1660. The van der Waals surface area contributed by atoms with Crippen LogP contribution in [0.4, 0.5) is 13.2 Å². The van der Waals surface area contributed by atoms with Crippen molar-refractivity contribution in [3.8, 4) is 35.2 Å². The Morgan fingerprint density at radius 3 is 2.32 bits per heavy atom. The van der Waals surface area contributed by atoms with Gasteiger partial charge in [-0.25, -0.2) is 13.2 Å². The minimum Gasteiger partial charge on any atom is -0.507 e. The van der Waals surface area contributed by atoms with Crippen LogP contribution >= 0.6 is 0 Å². The molecule has 2 aliphatic carbocycles. The average Bonchev–Trinajstić information content (AvgIpc) is 3.32. The molecule has 1 aromatic heterocycles. The number of pyridine rings is 1. The molecular weight excluding hydrogens is 441 g/mol. The van der Waals surface area contributed by atoms with Gasteiger partial charge in [0, 0.05) is 45.7 Å². The molecule has 0 saturated heterocycles. The summed E-state index contributed by atoms with van der Waals surface area (Å²) in [6.45, 7) is 0. The van der Waals surface area contributed by atoms with Crippen molar-refractivity contribution in [1.82, 2.24) is 4.98 Å². The van der Waals surface area contributed by atoms with E-state index in [0.29, 0.717) is 34.0 Å². The first-order valence-electron chi connectivity index (χ1n) is 9.80. The molecule has 5 nitrogen and oxygen atoms in total. The van der Waals surface area contributed by atoms with Gasteiger partial charge < -0.3 is 5.11 Å². The molecule has 8 heteroatoms. The molecule has 1 heterocycles. The maximum Gasteiger partial charge on any atom is 0.195 e. The lowest BCUT2D eigenvalue weighted by Gasteiger charge is -2.12. The topological polar surface area (TPSA) is 104 Å². The summed E-state index contributed by atoms with van der Waals surface area (Å²) in [5, 5.41) is 39.4. The van der Waals surface area contributed by atoms with Gasteiger partial charge in [-0.05, 0) is 29.3 Å². The molecule has 3 aromatic rings. The monoisotopic (exact) mass is 450 g/mol. The SMILES string of the molecule is N#CC=C1/C(=C2\c3cccnc3-c3c(O)cccc32)C(=C(C#N)C#N)c2cc(F)c(F)c(F)c21. The Hall–Kier alpha value is -5.13. The van der Waals surface area contributed by atoms with E-state index in [-0.39, 0.29) is 28.0 Å². The number of benzene rings is 2. The third-order valence-corrected chi connectivity index (χ3v) is 5.78. The zero-order valence-corrected chi connectivity index (χ0v) is 17.0. The van der Waals surface area contributed by atoms with Gasteiger partial charge >= 0.3 is 0 Å². The van der Waals surface area contributed by atoms with Crippen molar-refractivity contribution in [1.29, 1.82) is 15.8 Å². The van der Waals surface area contributed by atoms with Crippen molar-refractivity contribution >= 4 is 16.7 Å². The number of aromatic hydroxyl groups is 1. The van der Waals surface area contributed by atoms with Crippen LogP contribution in [0, 0.1) is 51.4 Å². The highest BCUT2D eigenvalue weighted by Gasteiger charge is 2.40. The number of hydrogen-bond acceptors (Lipinski definition) is 5. The van der Waals surface area contributed by atoms with Crippen molar-refractivity contribution < 1.29 is 18.3 Å². The number of phenolic OH excluding ortho intramolecular Hbond substituents is 1. The van der Waals surface area contributed by atoms with Gasteiger partial charge in [-0.15, -0.1) is 0 Å². The van der Waals surface area contributed by atoms with Crippen molar-refractivity contribution in [2.24, 2.45) is 0 Å². The Kier molecular flexibility index (Phi) is 4.57. The van der Waals surface area contributed by atoms with Crippen molar-refractivity contribution in [3.05, 3.63) is 99.5 Å². The average molecular weight is 450 g/mol. The molecular formula is C26H9F3N4O. The van der Waals surface area contributed by atoms with Crippen LogP contribution in [-0.4, -0.2) is 10.1 Å². The van der Waals surface area contributed by atoms with E-state index in [1.54, 1.807) is 42.5 Å². The highest BCUT2D eigenvalue weighted by Crippen LogP contribution is 2.56. The lowest BCUT2D eigenvalue weighted by molar-refractivity contribution is 0.445. The Morgan fingerprint density at radius 2 is 1.62 bits per heavy atom. The maximum absolute atomic E-state index is 15.1. The molecule has 34 heavy (non-hydrogen) atoms. The lowest BCUT2D eigenvalue weighted by atomic mass is 9.89. The van der Waals surface area contributed by atoms with E-state index in [4.69, 9.17) is 0 Å². The largest absolute Gasteiger partial charge is 0.507 e. The maximum atomic E-state index is 15.1. The standard InChI is InChI=1S/C26H9F3N4O/c27-17-9-16-19(12(10-31)11-32)23(14(6-7-30)21(16)25(29)24(17)28)20-13-3-1-5-18(34)22(13)26-15(20)4-2-8-33-26/h1-6,8-9,34H/b14-6?,23-20+. The summed E-state index contributed by atoms with van der Waals surface area (Å²) >= 11 is 0. The Balaban J connectivity index is 2.07. The smallest absolute Gasteiger partial charge is 0.195 e. The van der Waals surface area contributed by atoms with Crippen LogP contribution in [0.25, 0.3) is 28.0 Å². The second-order valence-electron chi connectivity index (χ2n) is 7.42. The number of nitrogens with zero attached hydrogens (tertiary/aromatic N) is 4. The van der Waals surface area contributed by atoms with Crippen LogP contribution in [0.15, 0.2) is 59.8 Å². The highest BCUT2D eigenvalue weighted by molar-refractivity contribution is 6.20. The molecule has 0 amide bonds. The summed E-state index contributed by atoms with van der Waals surface area (Å²) in [7, 11) is 0. The van der Waals surface area contributed by atoms with Crippen molar-refractivity contribution in [2.75, 3.05) is 0 Å². The number of halogens is 3. The van der Waals surface area contributed by atoms with Gasteiger partial charge in [0.05, 0.1) is 17.3 Å². The van der Waals surface area contributed by atoms with Crippen molar-refractivity contribution in [2.45, 2.75) is 0 Å². The molecule has 1 N–H and O–H groups in total. The molecule has 0 atom stereocenters. The van der Waals surface area contributed by atoms with E-state index in [9.17, 15) is 29.7 Å². The quantitative estimate of drug-likeness (QED) is 0.285. The van der Waals surface area contributed by atoms with Gasteiger partial charge in [0.2, 0.25) is 0 Å². The van der Waals surface area contributed by atoms with E-state index in [1.807, 2.05) is 0 Å². The second kappa shape index (κ2) is 7.48. The number of allylic oxidation sites excluding steroid dienone is 5. The van der Waals surface area contributed by atoms with Gasteiger partial charge in [-0.3, -0.25) is 4.98 Å². The number of nitriles is 3. The number of aromatic nitrogens is 1. The minimum atomic E-state index is -1.74. The van der Waals surface area contributed by atoms with Crippen LogP contribution < -0.4 is 0 Å². The third-order valence-electron chi connectivity index (χ3n) is 5.78. The summed E-state index contributed by atoms with van der Waals surface area (Å²) in [5.74, 6) is -4.88. The molecule has 0 fully saturated rings. The second-order valence-corrected chi connectivity index (χ2v) is 7.42. The van der Waals surface area contributed by atoms with Gasteiger partial charge in [-0.1, -0.05) is 18.2 Å². The summed E-state index contributed by atoms with van der Waals surface area (Å²) in [5.41, 5.74) is 0.676. The normalized spacial score (nSPS) is 16.4. The number of hydrogen-bond donors (Lipinski definition) is 1. The van der Waals surface area contributed by atoms with Crippen molar-refractivity contribution in [3.63, 3.8) is 0 Å². The first-order chi connectivity index (χ1) is 16.4. The van der Waals surface area contributed by atoms with E-state index < -0.39 is 28.6 Å².